The fourth-order valence-electron chi connectivity index (χ4n) is 1.99. The number of aromatic carboxylic acids is 1. The van der Waals surface area contributed by atoms with E-state index in [0.717, 1.165) is 11.1 Å². The van der Waals surface area contributed by atoms with E-state index >= 15 is 0 Å². The minimum atomic E-state index is -1.14. The van der Waals surface area contributed by atoms with Gasteiger partial charge in [-0.15, -0.1) is 0 Å². The summed E-state index contributed by atoms with van der Waals surface area (Å²) in [4.78, 5) is 23.3. The second-order valence-corrected chi connectivity index (χ2v) is 5.03. The van der Waals surface area contributed by atoms with Gasteiger partial charge in [0.25, 0.3) is 0 Å². The SMILES string of the molecule is Cc1ccccc1CC(=O)Nc1c(Cl)cccc1C(=O)O. The second-order valence-electron chi connectivity index (χ2n) is 4.62. The standard InChI is InChI=1S/C16H14ClNO3/c1-10-5-2-3-6-11(10)9-14(19)18-15-12(16(20)21)7-4-8-13(15)17/h2-8H,9H2,1H3,(H,18,19)(H,20,21). The first-order valence-corrected chi connectivity index (χ1v) is 6.73. The van der Waals surface area contributed by atoms with E-state index < -0.39 is 5.97 Å². The predicted molar refractivity (Wildman–Crippen MR) is 81.9 cm³/mol. The van der Waals surface area contributed by atoms with Crippen LogP contribution in [0.1, 0.15) is 21.5 Å². The zero-order valence-electron chi connectivity index (χ0n) is 11.4. The smallest absolute Gasteiger partial charge is 0.337 e. The molecule has 0 bridgehead atoms. The molecule has 4 nitrogen and oxygen atoms in total. The highest BCUT2D eigenvalue weighted by Gasteiger charge is 2.16. The van der Waals surface area contributed by atoms with Crippen molar-refractivity contribution in [3.63, 3.8) is 0 Å². The molecule has 2 N–H and O–H groups in total. The summed E-state index contributed by atoms with van der Waals surface area (Å²) in [7, 11) is 0. The number of carboxylic acids is 1. The number of para-hydroxylation sites is 1. The molecule has 2 aromatic carbocycles. The van der Waals surface area contributed by atoms with Crippen molar-refractivity contribution in [2.75, 3.05) is 5.32 Å². The molecule has 0 fully saturated rings. The molecule has 0 spiro atoms. The van der Waals surface area contributed by atoms with Gasteiger partial charge in [-0.05, 0) is 30.2 Å². The number of benzene rings is 2. The van der Waals surface area contributed by atoms with Gasteiger partial charge in [-0.3, -0.25) is 4.79 Å². The molecular formula is C16H14ClNO3. The maximum absolute atomic E-state index is 12.1. The molecule has 0 saturated carbocycles. The van der Waals surface area contributed by atoms with Crippen LogP contribution in [-0.2, 0) is 11.2 Å². The Labute approximate surface area is 127 Å². The average molecular weight is 304 g/mol. The molecule has 0 unspecified atom stereocenters. The number of carbonyl (C=O) groups is 2. The lowest BCUT2D eigenvalue weighted by Gasteiger charge is -2.11. The number of halogens is 1. The van der Waals surface area contributed by atoms with E-state index in [0.29, 0.717) is 0 Å². The summed E-state index contributed by atoms with van der Waals surface area (Å²) in [6.07, 6.45) is 0.164. The summed E-state index contributed by atoms with van der Waals surface area (Å²) in [6.45, 7) is 1.92. The molecular weight excluding hydrogens is 290 g/mol. The maximum Gasteiger partial charge on any atom is 0.337 e. The molecule has 108 valence electrons. The molecule has 0 aliphatic carbocycles. The minimum absolute atomic E-state index is 0.0272. The van der Waals surface area contributed by atoms with Gasteiger partial charge in [-0.1, -0.05) is 41.9 Å². The van der Waals surface area contributed by atoms with E-state index in [1.54, 1.807) is 0 Å². The number of rotatable bonds is 4. The molecule has 0 aliphatic rings. The minimum Gasteiger partial charge on any atom is -0.478 e. The fraction of sp³-hybridized carbons (Fsp3) is 0.125. The number of nitrogens with one attached hydrogen (secondary N) is 1. The van der Waals surface area contributed by atoms with Crippen LogP contribution in [0.4, 0.5) is 5.69 Å². The van der Waals surface area contributed by atoms with E-state index in [1.165, 1.54) is 18.2 Å². The molecule has 21 heavy (non-hydrogen) atoms. The van der Waals surface area contributed by atoms with Gasteiger partial charge in [0.05, 0.1) is 22.7 Å². The lowest BCUT2D eigenvalue weighted by Crippen LogP contribution is -2.17. The summed E-state index contributed by atoms with van der Waals surface area (Å²) >= 11 is 5.97. The van der Waals surface area contributed by atoms with Crippen LogP contribution < -0.4 is 5.32 Å². The Bertz CT molecular complexity index is 698. The number of hydrogen-bond acceptors (Lipinski definition) is 2. The van der Waals surface area contributed by atoms with Crippen molar-refractivity contribution in [1.82, 2.24) is 0 Å². The van der Waals surface area contributed by atoms with Gasteiger partial charge >= 0.3 is 5.97 Å². The van der Waals surface area contributed by atoms with Crippen LogP contribution in [0.5, 0.6) is 0 Å². The van der Waals surface area contributed by atoms with Gasteiger partial charge in [0.1, 0.15) is 0 Å². The Hall–Kier alpha value is -2.33. The van der Waals surface area contributed by atoms with Gasteiger partial charge in [-0.25, -0.2) is 4.79 Å². The van der Waals surface area contributed by atoms with Crippen LogP contribution in [0.25, 0.3) is 0 Å². The summed E-state index contributed by atoms with van der Waals surface area (Å²) in [5.74, 6) is -1.44. The maximum atomic E-state index is 12.1. The third kappa shape index (κ3) is 3.61. The highest BCUT2D eigenvalue weighted by Crippen LogP contribution is 2.26. The van der Waals surface area contributed by atoms with Crippen LogP contribution in [0.15, 0.2) is 42.5 Å². The first-order chi connectivity index (χ1) is 9.99. The second kappa shape index (κ2) is 6.41. The van der Waals surface area contributed by atoms with Gasteiger partial charge < -0.3 is 10.4 Å². The topological polar surface area (TPSA) is 66.4 Å². The molecule has 2 rings (SSSR count). The van der Waals surface area contributed by atoms with Crippen molar-refractivity contribution in [2.24, 2.45) is 0 Å². The third-order valence-corrected chi connectivity index (χ3v) is 3.44. The number of aryl methyl sites for hydroxylation is 1. The monoisotopic (exact) mass is 303 g/mol. The Morgan fingerprint density at radius 2 is 1.86 bits per heavy atom. The van der Waals surface area contributed by atoms with E-state index in [9.17, 15) is 9.59 Å². The van der Waals surface area contributed by atoms with Crippen LogP contribution in [0, 0.1) is 6.92 Å². The predicted octanol–water partition coefficient (Wildman–Crippen LogP) is 3.53. The average Bonchev–Trinajstić information content (AvgIpc) is 2.43. The van der Waals surface area contributed by atoms with Crippen molar-refractivity contribution in [2.45, 2.75) is 13.3 Å². The molecule has 5 heteroatoms. The van der Waals surface area contributed by atoms with Crippen LogP contribution in [0.2, 0.25) is 5.02 Å². The largest absolute Gasteiger partial charge is 0.478 e. The highest BCUT2D eigenvalue weighted by molar-refractivity contribution is 6.34. The lowest BCUT2D eigenvalue weighted by atomic mass is 10.1. The summed E-state index contributed by atoms with van der Waals surface area (Å²) < 4.78 is 0. The number of carbonyl (C=O) groups excluding carboxylic acids is 1. The Morgan fingerprint density at radius 3 is 2.52 bits per heavy atom. The molecule has 2 aromatic rings. The van der Waals surface area contributed by atoms with Crippen LogP contribution >= 0.6 is 11.6 Å². The van der Waals surface area contributed by atoms with Gasteiger partial charge in [0.15, 0.2) is 0 Å². The third-order valence-electron chi connectivity index (χ3n) is 3.12. The van der Waals surface area contributed by atoms with E-state index in [1.807, 2.05) is 31.2 Å². The molecule has 1 amide bonds. The highest BCUT2D eigenvalue weighted by atomic mass is 35.5. The summed E-state index contributed by atoms with van der Waals surface area (Å²) in [6, 6.07) is 12.0. The zero-order valence-corrected chi connectivity index (χ0v) is 12.1. The van der Waals surface area contributed by atoms with E-state index in [2.05, 4.69) is 5.32 Å². The number of amides is 1. The Balaban J connectivity index is 2.21. The first kappa shape index (κ1) is 15.1. The van der Waals surface area contributed by atoms with Gasteiger partial charge in [0.2, 0.25) is 5.91 Å². The van der Waals surface area contributed by atoms with Gasteiger partial charge in [0, 0.05) is 0 Å². The number of hydrogen-bond donors (Lipinski definition) is 2. The quantitative estimate of drug-likeness (QED) is 0.908. The molecule has 0 saturated heterocycles. The van der Waals surface area contributed by atoms with Crippen molar-refractivity contribution in [1.29, 1.82) is 0 Å². The van der Waals surface area contributed by atoms with E-state index in [4.69, 9.17) is 16.7 Å². The van der Waals surface area contributed by atoms with Crippen molar-refractivity contribution >= 4 is 29.2 Å². The van der Waals surface area contributed by atoms with Crippen molar-refractivity contribution < 1.29 is 14.7 Å². The van der Waals surface area contributed by atoms with E-state index in [-0.39, 0.29) is 28.6 Å². The molecule has 0 aliphatic heterocycles. The van der Waals surface area contributed by atoms with Gasteiger partial charge in [-0.2, -0.15) is 0 Å². The lowest BCUT2D eigenvalue weighted by molar-refractivity contribution is -0.115. The molecule has 0 aromatic heterocycles. The normalized spacial score (nSPS) is 10.2. The number of carboxylic acid groups (broad SMARTS) is 1. The van der Waals surface area contributed by atoms with Crippen molar-refractivity contribution in [3.8, 4) is 0 Å². The number of anilines is 1. The van der Waals surface area contributed by atoms with Crippen molar-refractivity contribution in [3.05, 3.63) is 64.2 Å². The zero-order chi connectivity index (χ0) is 15.4. The molecule has 0 atom stereocenters. The Kier molecular flexibility index (Phi) is 4.60. The van der Waals surface area contributed by atoms with Crippen LogP contribution in [0.3, 0.4) is 0 Å². The first-order valence-electron chi connectivity index (χ1n) is 6.35. The Morgan fingerprint density at radius 1 is 1.14 bits per heavy atom. The fourth-order valence-corrected chi connectivity index (χ4v) is 2.22. The van der Waals surface area contributed by atoms with Crippen LogP contribution in [-0.4, -0.2) is 17.0 Å². The molecule has 0 heterocycles. The molecule has 0 radical (unpaired) electrons. The summed E-state index contributed by atoms with van der Waals surface area (Å²) in [5, 5.41) is 11.9. The summed E-state index contributed by atoms with van der Waals surface area (Å²) in [5.41, 5.74) is 2.00.